The summed E-state index contributed by atoms with van der Waals surface area (Å²) in [6.07, 6.45) is 6.19. The summed E-state index contributed by atoms with van der Waals surface area (Å²) in [6.45, 7) is -0.0842. The first-order valence-electron chi connectivity index (χ1n) is 3.56. The van der Waals surface area contributed by atoms with Gasteiger partial charge in [-0.25, -0.2) is 9.78 Å². The largest absolute Gasteiger partial charge is 0.449 e. The first-order chi connectivity index (χ1) is 6.65. The number of aromatic nitrogens is 1. The Hall–Kier alpha value is -1.24. The molecule has 0 aliphatic rings. The zero-order valence-corrected chi connectivity index (χ0v) is 8.47. The SMILES string of the molecule is C#CCOC(=O)c1cnc(Cl)c(Cl)c1. The van der Waals surface area contributed by atoms with Gasteiger partial charge in [-0.2, -0.15) is 0 Å². The molecule has 1 aromatic heterocycles. The first-order valence-corrected chi connectivity index (χ1v) is 4.32. The number of hydrogen-bond donors (Lipinski definition) is 0. The molecule has 0 spiro atoms. The molecule has 0 aromatic carbocycles. The fraction of sp³-hybridized carbons (Fsp3) is 0.111. The average molecular weight is 230 g/mol. The van der Waals surface area contributed by atoms with Crippen LogP contribution in [0.15, 0.2) is 12.3 Å². The first kappa shape index (κ1) is 10.8. The third-order valence-electron chi connectivity index (χ3n) is 1.32. The van der Waals surface area contributed by atoms with Crippen LogP contribution in [0.2, 0.25) is 10.2 Å². The van der Waals surface area contributed by atoms with E-state index in [0.29, 0.717) is 0 Å². The highest BCUT2D eigenvalue weighted by Crippen LogP contribution is 2.19. The van der Waals surface area contributed by atoms with E-state index in [9.17, 15) is 4.79 Å². The molecule has 0 atom stereocenters. The maximum Gasteiger partial charge on any atom is 0.340 e. The number of ether oxygens (including phenoxy) is 1. The summed E-state index contributed by atoms with van der Waals surface area (Å²) in [5, 5.41) is 0.335. The summed E-state index contributed by atoms with van der Waals surface area (Å²) in [5.74, 6) is 1.60. The Morgan fingerprint density at radius 1 is 1.64 bits per heavy atom. The smallest absolute Gasteiger partial charge is 0.340 e. The molecule has 0 amide bonds. The second-order valence-electron chi connectivity index (χ2n) is 2.28. The van der Waals surface area contributed by atoms with E-state index in [1.54, 1.807) is 0 Å². The second kappa shape index (κ2) is 4.85. The molecule has 1 aromatic rings. The molecule has 0 saturated carbocycles. The van der Waals surface area contributed by atoms with Gasteiger partial charge in [0.1, 0.15) is 5.15 Å². The van der Waals surface area contributed by atoms with Crippen LogP contribution in [0.1, 0.15) is 10.4 Å². The van der Waals surface area contributed by atoms with Gasteiger partial charge < -0.3 is 4.74 Å². The number of hydrogen-bond acceptors (Lipinski definition) is 3. The zero-order chi connectivity index (χ0) is 10.6. The van der Waals surface area contributed by atoms with Crippen LogP contribution in [0.25, 0.3) is 0 Å². The van der Waals surface area contributed by atoms with E-state index in [-0.39, 0.29) is 22.3 Å². The van der Waals surface area contributed by atoms with E-state index < -0.39 is 5.97 Å². The highest BCUT2D eigenvalue weighted by Gasteiger charge is 2.09. The lowest BCUT2D eigenvalue weighted by Gasteiger charge is -2.01. The van der Waals surface area contributed by atoms with Gasteiger partial charge in [0.05, 0.1) is 10.6 Å². The van der Waals surface area contributed by atoms with Crippen LogP contribution in [0.5, 0.6) is 0 Å². The number of esters is 1. The molecule has 3 nitrogen and oxygen atoms in total. The molecule has 1 heterocycles. The van der Waals surface area contributed by atoms with Gasteiger partial charge in [0.25, 0.3) is 0 Å². The molecule has 0 N–H and O–H groups in total. The van der Waals surface area contributed by atoms with Crippen LogP contribution in [0.4, 0.5) is 0 Å². The minimum Gasteiger partial charge on any atom is -0.449 e. The number of nitrogens with zero attached hydrogens (tertiary/aromatic N) is 1. The monoisotopic (exact) mass is 229 g/mol. The van der Waals surface area contributed by atoms with Gasteiger partial charge in [0.2, 0.25) is 0 Å². The molecule has 0 unspecified atom stereocenters. The summed E-state index contributed by atoms with van der Waals surface area (Å²) in [5.41, 5.74) is 0.217. The third-order valence-corrected chi connectivity index (χ3v) is 2.00. The topological polar surface area (TPSA) is 39.2 Å². The standard InChI is InChI=1S/C9H5Cl2NO2/c1-2-3-14-9(13)6-4-7(10)8(11)12-5-6/h1,4-5H,3H2. The number of halogens is 2. The molecule has 0 aliphatic heterocycles. The fourth-order valence-corrected chi connectivity index (χ4v) is 0.993. The quantitative estimate of drug-likeness (QED) is 0.444. The van der Waals surface area contributed by atoms with Gasteiger partial charge in [-0.3, -0.25) is 0 Å². The van der Waals surface area contributed by atoms with E-state index in [2.05, 4.69) is 15.6 Å². The molecule has 14 heavy (non-hydrogen) atoms. The molecule has 72 valence electrons. The minimum absolute atomic E-state index is 0.0842. The van der Waals surface area contributed by atoms with Crippen LogP contribution >= 0.6 is 23.2 Å². The molecule has 0 aliphatic carbocycles. The van der Waals surface area contributed by atoms with Gasteiger partial charge >= 0.3 is 5.97 Å². The average Bonchev–Trinajstić information content (AvgIpc) is 2.18. The van der Waals surface area contributed by atoms with Crippen LogP contribution in [-0.4, -0.2) is 17.6 Å². The van der Waals surface area contributed by atoms with E-state index in [0.717, 1.165) is 0 Å². The molecular formula is C9H5Cl2NO2. The van der Waals surface area contributed by atoms with Gasteiger partial charge in [-0.15, -0.1) is 6.42 Å². The van der Waals surface area contributed by atoms with E-state index in [4.69, 9.17) is 29.6 Å². The number of pyridine rings is 1. The second-order valence-corrected chi connectivity index (χ2v) is 3.04. The Kier molecular flexibility index (Phi) is 3.75. The van der Waals surface area contributed by atoms with Gasteiger partial charge in [0, 0.05) is 6.20 Å². The molecule has 5 heteroatoms. The Balaban J connectivity index is 2.82. The molecule has 0 fully saturated rings. The number of carbonyl (C=O) groups excluding carboxylic acids is 1. The lowest BCUT2D eigenvalue weighted by molar-refractivity contribution is 0.0556. The zero-order valence-electron chi connectivity index (χ0n) is 6.96. The number of carbonyl (C=O) groups is 1. The Labute approximate surface area is 91.0 Å². The van der Waals surface area contributed by atoms with Crippen LogP contribution in [0, 0.1) is 12.3 Å². The lowest BCUT2D eigenvalue weighted by Crippen LogP contribution is -2.05. The molecule has 1 rings (SSSR count). The van der Waals surface area contributed by atoms with Gasteiger partial charge in [0.15, 0.2) is 6.61 Å². The van der Waals surface area contributed by atoms with Crippen molar-refractivity contribution in [1.82, 2.24) is 4.98 Å². The summed E-state index contributed by atoms with van der Waals surface area (Å²) < 4.78 is 4.66. The lowest BCUT2D eigenvalue weighted by atomic mass is 10.3. The molecule has 0 bridgehead atoms. The molecule has 0 radical (unpaired) electrons. The molecule has 0 saturated heterocycles. The van der Waals surface area contributed by atoms with Crippen molar-refractivity contribution in [2.75, 3.05) is 6.61 Å². The van der Waals surface area contributed by atoms with Crippen molar-refractivity contribution in [3.63, 3.8) is 0 Å². The van der Waals surface area contributed by atoms with Gasteiger partial charge in [-0.05, 0) is 6.07 Å². The van der Waals surface area contributed by atoms with Crippen molar-refractivity contribution in [2.24, 2.45) is 0 Å². The highest BCUT2D eigenvalue weighted by molar-refractivity contribution is 6.41. The van der Waals surface area contributed by atoms with E-state index in [1.807, 2.05) is 0 Å². The summed E-state index contributed by atoms with van der Waals surface area (Å²) in [4.78, 5) is 14.9. The van der Waals surface area contributed by atoms with E-state index >= 15 is 0 Å². The van der Waals surface area contributed by atoms with Crippen molar-refractivity contribution in [3.05, 3.63) is 28.0 Å². The van der Waals surface area contributed by atoms with E-state index in [1.165, 1.54) is 12.3 Å². The maximum absolute atomic E-state index is 11.2. The van der Waals surface area contributed by atoms with Crippen molar-refractivity contribution in [1.29, 1.82) is 0 Å². The normalized spacial score (nSPS) is 9.21. The predicted molar refractivity (Wildman–Crippen MR) is 53.4 cm³/mol. The van der Waals surface area contributed by atoms with Crippen molar-refractivity contribution >= 4 is 29.2 Å². The fourth-order valence-electron chi connectivity index (χ4n) is 0.723. The summed E-state index contributed by atoms with van der Waals surface area (Å²) in [7, 11) is 0. The predicted octanol–water partition coefficient (Wildman–Crippen LogP) is 2.18. The summed E-state index contributed by atoms with van der Waals surface area (Å²) >= 11 is 11.2. The minimum atomic E-state index is -0.575. The van der Waals surface area contributed by atoms with Crippen molar-refractivity contribution < 1.29 is 9.53 Å². The van der Waals surface area contributed by atoms with Gasteiger partial charge in [-0.1, -0.05) is 29.1 Å². The van der Waals surface area contributed by atoms with Crippen molar-refractivity contribution in [2.45, 2.75) is 0 Å². The maximum atomic E-state index is 11.2. The molecular weight excluding hydrogens is 225 g/mol. The van der Waals surface area contributed by atoms with Crippen LogP contribution in [-0.2, 0) is 4.74 Å². The number of terminal acetylenes is 1. The van der Waals surface area contributed by atoms with Crippen LogP contribution in [0.3, 0.4) is 0 Å². The Bertz CT molecular complexity index is 398. The number of rotatable bonds is 2. The highest BCUT2D eigenvalue weighted by atomic mass is 35.5. The van der Waals surface area contributed by atoms with Crippen molar-refractivity contribution in [3.8, 4) is 12.3 Å². The Morgan fingerprint density at radius 3 is 2.93 bits per heavy atom. The third kappa shape index (κ3) is 2.63. The Morgan fingerprint density at radius 2 is 2.36 bits per heavy atom. The summed E-state index contributed by atoms with van der Waals surface area (Å²) in [6, 6.07) is 1.37. The van der Waals surface area contributed by atoms with Crippen LogP contribution < -0.4 is 0 Å².